The number of anilines is 1. The van der Waals surface area contributed by atoms with Crippen molar-refractivity contribution < 1.29 is 19.1 Å². The molecule has 2 rings (SSSR count). The van der Waals surface area contributed by atoms with E-state index in [1.54, 1.807) is 0 Å². The number of hydrogen-bond acceptors (Lipinski definition) is 2. The topological polar surface area (TPSA) is 69.6 Å². The number of nitrogens with zero attached hydrogens (tertiary/aromatic N) is 1. The van der Waals surface area contributed by atoms with E-state index in [0.29, 0.717) is 0 Å². The minimum atomic E-state index is -1.28. The average Bonchev–Trinajstić information content (AvgIpc) is 2.40. The summed E-state index contributed by atoms with van der Waals surface area (Å²) < 4.78 is 13.6. The second kappa shape index (κ2) is 3.80. The second-order valence-electron chi connectivity index (χ2n) is 3.33. The van der Waals surface area contributed by atoms with Gasteiger partial charge in [0.05, 0.1) is 11.3 Å². The zero-order valence-electron chi connectivity index (χ0n) is 8.24. The Hall–Kier alpha value is -2.11. The molecule has 0 aromatic heterocycles. The zero-order valence-corrected chi connectivity index (χ0v) is 8.24. The number of carboxylic acid groups (broad SMARTS) is 1. The van der Waals surface area contributed by atoms with Gasteiger partial charge in [0.25, 0.3) is 5.91 Å². The van der Waals surface area contributed by atoms with Crippen LogP contribution in [0.5, 0.6) is 0 Å². The summed E-state index contributed by atoms with van der Waals surface area (Å²) in [6.45, 7) is 0.203. The summed E-state index contributed by atoms with van der Waals surface area (Å²) in [4.78, 5) is 23.3. The SMILES string of the molecule is O=C1NCCN(C(=O)O)c2c(F)cccc21. The van der Waals surface area contributed by atoms with Crippen LogP contribution in [0.1, 0.15) is 10.4 Å². The van der Waals surface area contributed by atoms with Crippen molar-refractivity contribution in [3.05, 3.63) is 29.6 Å². The maximum Gasteiger partial charge on any atom is 0.411 e. The molecule has 0 spiro atoms. The Morgan fingerprint density at radius 2 is 2.25 bits per heavy atom. The third-order valence-corrected chi connectivity index (χ3v) is 2.35. The van der Waals surface area contributed by atoms with Crippen molar-refractivity contribution in [2.24, 2.45) is 0 Å². The number of hydrogen-bond donors (Lipinski definition) is 2. The van der Waals surface area contributed by atoms with Crippen LogP contribution in [-0.2, 0) is 0 Å². The molecule has 6 heteroatoms. The Bertz CT molecular complexity index is 461. The quantitative estimate of drug-likeness (QED) is 0.692. The van der Waals surface area contributed by atoms with Crippen molar-refractivity contribution in [1.82, 2.24) is 5.32 Å². The summed E-state index contributed by atoms with van der Waals surface area (Å²) in [5.41, 5.74) is -0.134. The normalized spacial score (nSPS) is 15.1. The highest BCUT2D eigenvalue weighted by Gasteiger charge is 2.27. The van der Waals surface area contributed by atoms with E-state index in [9.17, 15) is 14.0 Å². The summed E-state index contributed by atoms with van der Waals surface area (Å²) in [5.74, 6) is -1.17. The average molecular weight is 224 g/mol. The van der Waals surface area contributed by atoms with Crippen LogP contribution in [0, 0.1) is 5.82 Å². The van der Waals surface area contributed by atoms with Gasteiger partial charge in [0.1, 0.15) is 5.82 Å². The largest absolute Gasteiger partial charge is 0.465 e. The molecule has 2 amide bonds. The molecule has 0 atom stereocenters. The predicted octanol–water partition coefficient (Wildman–Crippen LogP) is 1.05. The van der Waals surface area contributed by atoms with Gasteiger partial charge in [0.15, 0.2) is 0 Å². The molecule has 1 aliphatic rings. The zero-order chi connectivity index (χ0) is 11.7. The van der Waals surface area contributed by atoms with E-state index < -0.39 is 17.8 Å². The first-order chi connectivity index (χ1) is 7.61. The van der Waals surface area contributed by atoms with E-state index in [1.807, 2.05) is 0 Å². The number of carbonyl (C=O) groups is 2. The molecule has 1 aromatic rings. The summed E-state index contributed by atoms with van der Waals surface area (Å²) in [5, 5.41) is 11.4. The second-order valence-corrected chi connectivity index (χ2v) is 3.33. The summed E-state index contributed by atoms with van der Waals surface area (Å²) >= 11 is 0. The molecule has 2 N–H and O–H groups in total. The van der Waals surface area contributed by atoms with Gasteiger partial charge in [-0.1, -0.05) is 6.07 Å². The molecule has 0 bridgehead atoms. The fraction of sp³-hybridized carbons (Fsp3) is 0.200. The molecule has 1 heterocycles. The predicted molar refractivity (Wildman–Crippen MR) is 54.1 cm³/mol. The van der Waals surface area contributed by atoms with Gasteiger partial charge < -0.3 is 10.4 Å². The molecule has 0 fully saturated rings. The molecule has 5 nitrogen and oxygen atoms in total. The van der Waals surface area contributed by atoms with Crippen LogP contribution in [0.2, 0.25) is 0 Å². The smallest absolute Gasteiger partial charge is 0.411 e. The van der Waals surface area contributed by atoms with Crippen LogP contribution in [0.4, 0.5) is 14.9 Å². The van der Waals surface area contributed by atoms with Gasteiger partial charge in [-0.2, -0.15) is 0 Å². The van der Waals surface area contributed by atoms with Crippen molar-refractivity contribution in [2.45, 2.75) is 0 Å². The highest BCUT2D eigenvalue weighted by molar-refractivity contribution is 6.04. The first-order valence-electron chi connectivity index (χ1n) is 4.68. The van der Waals surface area contributed by atoms with Gasteiger partial charge in [0, 0.05) is 13.1 Å². The van der Waals surface area contributed by atoms with E-state index in [2.05, 4.69) is 5.32 Å². The maximum absolute atomic E-state index is 13.6. The standard InChI is InChI=1S/C10H9FN2O3/c11-7-3-1-2-6-8(7)13(10(15)16)5-4-12-9(6)14/h1-3H,4-5H2,(H,12,14)(H,15,16). The Morgan fingerprint density at radius 3 is 2.94 bits per heavy atom. The first kappa shape index (κ1) is 10.4. The van der Waals surface area contributed by atoms with Gasteiger partial charge in [-0.15, -0.1) is 0 Å². The molecule has 0 aliphatic carbocycles. The van der Waals surface area contributed by atoms with E-state index in [1.165, 1.54) is 12.1 Å². The fourth-order valence-corrected chi connectivity index (χ4v) is 1.65. The Kier molecular flexibility index (Phi) is 2.47. The van der Waals surface area contributed by atoms with E-state index in [-0.39, 0.29) is 24.3 Å². The number of rotatable bonds is 0. The van der Waals surface area contributed by atoms with Gasteiger partial charge in [0.2, 0.25) is 0 Å². The minimum absolute atomic E-state index is 0.0367. The van der Waals surface area contributed by atoms with Crippen LogP contribution in [0.25, 0.3) is 0 Å². The Balaban J connectivity index is 2.62. The van der Waals surface area contributed by atoms with Crippen molar-refractivity contribution in [1.29, 1.82) is 0 Å². The van der Waals surface area contributed by atoms with Gasteiger partial charge >= 0.3 is 6.09 Å². The molecule has 0 saturated heterocycles. The van der Waals surface area contributed by atoms with Crippen LogP contribution in [-0.4, -0.2) is 30.2 Å². The maximum atomic E-state index is 13.6. The monoisotopic (exact) mass is 224 g/mol. The Labute approximate surface area is 90.5 Å². The van der Waals surface area contributed by atoms with Crippen LogP contribution >= 0.6 is 0 Å². The molecular formula is C10H9FN2O3. The van der Waals surface area contributed by atoms with Crippen molar-refractivity contribution >= 4 is 17.7 Å². The number of nitrogens with one attached hydrogen (secondary N) is 1. The number of benzene rings is 1. The lowest BCUT2D eigenvalue weighted by Gasteiger charge is -2.18. The highest BCUT2D eigenvalue weighted by atomic mass is 19.1. The van der Waals surface area contributed by atoms with Crippen molar-refractivity contribution in [3.63, 3.8) is 0 Å². The molecule has 1 aliphatic heterocycles. The van der Waals surface area contributed by atoms with Crippen LogP contribution in [0.3, 0.4) is 0 Å². The van der Waals surface area contributed by atoms with E-state index >= 15 is 0 Å². The van der Waals surface area contributed by atoms with Crippen molar-refractivity contribution in [2.75, 3.05) is 18.0 Å². The number of para-hydroxylation sites is 1. The summed E-state index contributed by atoms with van der Waals surface area (Å²) in [6.07, 6.45) is -1.28. The Morgan fingerprint density at radius 1 is 1.50 bits per heavy atom. The van der Waals surface area contributed by atoms with Gasteiger partial charge in [-0.05, 0) is 12.1 Å². The summed E-state index contributed by atoms with van der Waals surface area (Å²) in [7, 11) is 0. The molecular weight excluding hydrogens is 215 g/mol. The molecule has 0 unspecified atom stereocenters. The van der Waals surface area contributed by atoms with Crippen LogP contribution in [0.15, 0.2) is 18.2 Å². The van der Waals surface area contributed by atoms with Gasteiger partial charge in [-0.25, -0.2) is 9.18 Å². The first-order valence-corrected chi connectivity index (χ1v) is 4.68. The number of halogens is 1. The molecule has 1 aromatic carbocycles. The van der Waals surface area contributed by atoms with E-state index in [4.69, 9.17) is 5.11 Å². The molecule has 0 saturated carbocycles. The molecule has 0 radical (unpaired) electrons. The lowest BCUT2D eigenvalue weighted by Crippen LogP contribution is -2.34. The van der Waals surface area contributed by atoms with Gasteiger partial charge in [-0.3, -0.25) is 9.69 Å². The number of carbonyl (C=O) groups excluding carboxylic acids is 1. The molecule has 84 valence electrons. The third-order valence-electron chi connectivity index (χ3n) is 2.35. The minimum Gasteiger partial charge on any atom is -0.465 e. The highest BCUT2D eigenvalue weighted by Crippen LogP contribution is 2.25. The summed E-state index contributed by atoms with van der Waals surface area (Å²) in [6, 6.07) is 3.90. The fourth-order valence-electron chi connectivity index (χ4n) is 1.65. The number of fused-ring (bicyclic) bond motifs is 1. The van der Waals surface area contributed by atoms with E-state index in [0.717, 1.165) is 11.0 Å². The van der Waals surface area contributed by atoms with Crippen molar-refractivity contribution in [3.8, 4) is 0 Å². The third kappa shape index (κ3) is 1.58. The molecule has 16 heavy (non-hydrogen) atoms. The lowest BCUT2D eigenvalue weighted by atomic mass is 10.1. The lowest BCUT2D eigenvalue weighted by molar-refractivity contribution is 0.0957. The van der Waals surface area contributed by atoms with Crippen LogP contribution < -0.4 is 10.2 Å². The number of amides is 2.